The van der Waals surface area contributed by atoms with Gasteiger partial charge in [0.25, 0.3) is 0 Å². The van der Waals surface area contributed by atoms with Crippen LogP contribution in [0.3, 0.4) is 0 Å². The van der Waals surface area contributed by atoms with E-state index in [2.05, 4.69) is 20.7 Å². The third kappa shape index (κ3) is 4.09. The number of aliphatic carboxylic acids is 1. The fourth-order valence-electron chi connectivity index (χ4n) is 1.17. The fraction of sp³-hybridized carbons (Fsp3) is 0.556. The van der Waals surface area contributed by atoms with Gasteiger partial charge in [0.15, 0.2) is 5.82 Å². The van der Waals surface area contributed by atoms with E-state index in [0.29, 0.717) is 12.2 Å². The van der Waals surface area contributed by atoms with E-state index in [1.165, 1.54) is 11.0 Å². The van der Waals surface area contributed by atoms with Crippen molar-refractivity contribution in [2.75, 3.05) is 0 Å². The van der Waals surface area contributed by atoms with E-state index in [1.54, 1.807) is 14.0 Å². The summed E-state index contributed by atoms with van der Waals surface area (Å²) in [6.07, 6.45) is 1.84. The first-order valence-electron chi connectivity index (χ1n) is 5.14. The van der Waals surface area contributed by atoms with Gasteiger partial charge in [-0.3, -0.25) is 4.68 Å². The number of amides is 2. The lowest BCUT2D eigenvalue weighted by Gasteiger charge is -2.12. The molecule has 0 aliphatic heterocycles. The molecule has 3 N–H and O–H groups in total. The molecule has 17 heavy (non-hydrogen) atoms. The molecule has 0 fully saturated rings. The topological polar surface area (TPSA) is 109 Å². The van der Waals surface area contributed by atoms with Gasteiger partial charge in [0, 0.05) is 7.05 Å². The van der Waals surface area contributed by atoms with E-state index in [4.69, 9.17) is 5.11 Å². The van der Waals surface area contributed by atoms with Crippen LogP contribution in [0, 0.1) is 0 Å². The highest BCUT2D eigenvalue weighted by Gasteiger charge is 2.17. The molecule has 2 amide bonds. The number of aryl methyl sites for hydroxylation is 1. The maximum absolute atomic E-state index is 11.3. The summed E-state index contributed by atoms with van der Waals surface area (Å²) in [6, 6.07) is -1.43. The Bertz CT molecular complexity index is 403. The number of carbonyl (C=O) groups is 2. The van der Waals surface area contributed by atoms with Crippen LogP contribution in [0.25, 0.3) is 0 Å². The molecule has 1 rings (SSSR count). The van der Waals surface area contributed by atoms with E-state index in [9.17, 15) is 9.59 Å². The van der Waals surface area contributed by atoms with Crippen LogP contribution in [0.2, 0.25) is 0 Å². The summed E-state index contributed by atoms with van der Waals surface area (Å²) in [6.45, 7) is 1.84. The minimum atomic E-state index is -1.06. The number of hydrogen-bond donors (Lipinski definition) is 3. The van der Waals surface area contributed by atoms with E-state index in [0.717, 1.165) is 0 Å². The van der Waals surface area contributed by atoms with Crippen LogP contribution in [0.5, 0.6) is 0 Å². The number of hydrogen-bond acceptors (Lipinski definition) is 4. The highest BCUT2D eigenvalue weighted by atomic mass is 16.4. The fourth-order valence-corrected chi connectivity index (χ4v) is 1.17. The van der Waals surface area contributed by atoms with Gasteiger partial charge >= 0.3 is 12.0 Å². The Morgan fingerprint density at radius 3 is 2.76 bits per heavy atom. The number of carbonyl (C=O) groups excluding carboxylic acids is 1. The van der Waals surface area contributed by atoms with Crippen molar-refractivity contribution in [1.29, 1.82) is 0 Å². The van der Waals surface area contributed by atoms with Crippen molar-refractivity contribution in [3.63, 3.8) is 0 Å². The monoisotopic (exact) mass is 241 g/mol. The molecule has 1 atom stereocenters. The average Bonchev–Trinajstić information content (AvgIpc) is 2.68. The predicted octanol–water partition coefficient (Wildman–Crippen LogP) is -0.522. The van der Waals surface area contributed by atoms with E-state index in [-0.39, 0.29) is 6.54 Å². The summed E-state index contributed by atoms with van der Waals surface area (Å²) in [5.74, 6) is -0.593. The molecule has 8 nitrogen and oxygen atoms in total. The number of carboxylic acids is 1. The van der Waals surface area contributed by atoms with Gasteiger partial charge < -0.3 is 15.7 Å². The molecule has 0 spiro atoms. The van der Waals surface area contributed by atoms with Crippen molar-refractivity contribution >= 4 is 12.0 Å². The Hall–Kier alpha value is -2.12. The first kappa shape index (κ1) is 12.9. The number of nitrogens with one attached hydrogen (secondary N) is 2. The van der Waals surface area contributed by atoms with Gasteiger partial charge in [-0.05, 0) is 6.42 Å². The van der Waals surface area contributed by atoms with Crippen molar-refractivity contribution in [2.24, 2.45) is 7.05 Å². The van der Waals surface area contributed by atoms with Crippen molar-refractivity contribution in [3.8, 4) is 0 Å². The Morgan fingerprint density at radius 2 is 2.29 bits per heavy atom. The lowest BCUT2D eigenvalue weighted by atomic mass is 10.2. The predicted molar refractivity (Wildman–Crippen MR) is 58.1 cm³/mol. The lowest BCUT2D eigenvalue weighted by Crippen LogP contribution is -2.45. The second-order valence-electron chi connectivity index (χ2n) is 3.46. The number of nitrogens with zero attached hydrogens (tertiary/aromatic N) is 3. The summed E-state index contributed by atoms with van der Waals surface area (Å²) in [5.41, 5.74) is 0. The number of urea groups is 1. The third-order valence-electron chi connectivity index (χ3n) is 2.07. The van der Waals surface area contributed by atoms with Gasteiger partial charge in [0.1, 0.15) is 12.4 Å². The van der Waals surface area contributed by atoms with Crippen molar-refractivity contribution in [2.45, 2.75) is 25.9 Å². The first-order valence-corrected chi connectivity index (χ1v) is 5.14. The summed E-state index contributed by atoms with van der Waals surface area (Å²) < 4.78 is 1.51. The van der Waals surface area contributed by atoms with Crippen LogP contribution in [0.15, 0.2) is 6.33 Å². The quantitative estimate of drug-likeness (QED) is 0.642. The van der Waals surface area contributed by atoms with E-state index in [1.807, 2.05) is 0 Å². The van der Waals surface area contributed by atoms with Crippen LogP contribution in [-0.4, -0.2) is 37.9 Å². The minimum absolute atomic E-state index is 0.155. The molecule has 0 saturated heterocycles. The number of aromatic nitrogens is 3. The molecular formula is C9H15N5O3. The van der Waals surface area contributed by atoms with Crippen molar-refractivity contribution < 1.29 is 14.7 Å². The van der Waals surface area contributed by atoms with E-state index < -0.39 is 18.0 Å². The highest BCUT2D eigenvalue weighted by Crippen LogP contribution is 1.91. The molecule has 1 aromatic heterocycles. The van der Waals surface area contributed by atoms with E-state index >= 15 is 0 Å². The molecule has 0 radical (unpaired) electrons. The molecule has 94 valence electrons. The van der Waals surface area contributed by atoms with Crippen molar-refractivity contribution in [3.05, 3.63) is 12.2 Å². The molecule has 0 aromatic carbocycles. The average molecular weight is 241 g/mol. The molecule has 1 heterocycles. The number of carboxylic acid groups (broad SMARTS) is 1. The minimum Gasteiger partial charge on any atom is -0.480 e. The van der Waals surface area contributed by atoms with Crippen molar-refractivity contribution in [1.82, 2.24) is 25.4 Å². The molecule has 8 heteroatoms. The van der Waals surface area contributed by atoms with Crippen LogP contribution < -0.4 is 10.6 Å². The van der Waals surface area contributed by atoms with Crippen LogP contribution >= 0.6 is 0 Å². The van der Waals surface area contributed by atoms with Crippen LogP contribution in [0.4, 0.5) is 4.79 Å². The second kappa shape index (κ2) is 5.83. The largest absolute Gasteiger partial charge is 0.480 e. The highest BCUT2D eigenvalue weighted by molar-refractivity contribution is 5.82. The van der Waals surface area contributed by atoms with Gasteiger partial charge in [-0.15, -0.1) is 0 Å². The molecular weight excluding hydrogens is 226 g/mol. The van der Waals surface area contributed by atoms with Gasteiger partial charge in [0.05, 0.1) is 6.54 Å². The lowest BCUT2D eigenvalue weighted by molar-refractivity contribution is -0.139. The van der Waals surface area contributed by atoms with Crippen LogP contribution in [0.1, 0.15) is 19.2 Å². The summed E-state index contributed by atoms with van der Waals surface area (Å²) >= 11 is 0. The number of rotatable bonds is 5. The molecule has 0 aliphatic carbocycles. The maximum Gasteiger partial charge on any atom is 0.326 e. The van der Waals surface area contributed by atoms with Gasteiger partial charge in [-0.2, -0.15) is 5.10 Å². The second-order valence-corrected chi connectivity index (χ2v) is 3.46. The zero-order chi connectivity index (χ0) is 12.8. The Labute approximate surface area is 98.0 Å². The zero-order valence-electron chi connectivity index (χ0n) is 9.67. The SMILES string of the molecule is CC[C@@H](NC(=O)NCc1ncn(C)n1)C(=O)O. The molecule has 0 unspecified atom stereocenters. The molecule has 0 aliphatic rings. The summed E-state index contributed by atoms with van der Waals surface area (Å²) in [5, 5.41) is 17.5. The smallest absolute Gasteiger partial charge is 0.326 e. The summed E-state index contributed by atoms with van der Waals surface area (Å²) in [7, 11) is 1.72. The molecule has 0 bridgehead atoms. The Kier molecular flexibility index (Phi) is 4.44. The zero-order valence-corrected chi connectivity index (χ0v) is 9.67. The standard InChI is InChI=1S/C9H15N5O3/c1-3-6(8(15)16)12-9(17)10-4-7-11-5-14(2)13-7/h5-6H,3-4H2,1-2H3,(H,15,16)(H2,10,12,17)/t6-/m1/s1. The van der Waals surface area contributed by atoms with Crippen LogP contribution in [-0.2, 0) is 18.4 Å². The summed E-state index contributed by atoms with van der Waals surface area (Å²) in [4.78, 5) is 25.9. The molecule has 1 aromatic rings. The first-order chi connectivity index (χ1) is 8.02. The van der Waals surface area contributed by atoms with Gasteiger partial charge in [-0.1, -0.05) is 6.92 Å². The molecule has 0 saturated carbocycles. The third-order valence-corrected chi connectivity index (χ3v) is 2.07. The van der Waals surface area contributed by atoms with Gasteiger partial charge in [0.2, 0.25) is 0 Å². The maximum atomic E-state index is 11.3. The Morgan fingerprint density at radius 1 is 1.59 bits per heavy atom. The normalized spacial score (nSPS) is 11.9. The Balaban J connectivity index is 2.37. The van der Waals surface area contributed by atoms with Gasteiger partial charge in [-0.25, -0.2) is 14.6 Å².